The van der Waals surface area contributed by atoms with Gasteiger partial charge in [0, 0.05) is 25.3 Å². The van der Waals surface area contributed by atoms with Crippen molar-refractivity contribution in [3.05, 3.63) is 51.8 Å². The average Bonchev–Trinajstić information content (AvgIpc) is 3.40. The molecule has 2 N–H and O–H groups in total. The van der Waals surface area contributed by atoms with Crippen molar-refractivity contribution in [2.75, 3.05) is 37.6 Å². The maximum atomic E-state index is 12.1. The van der Waals surface area contributed by atoms with Crippen molar-refractivity contribution in [2.24, 2.45) is 5.92 Å². The van der Waals surface area contributed by atoms with Crippen molar-refractivity contribution in [1.82, 2.24) is 9.88 Å². The second-order valence-electron chi connectivity index (χ2n) is 8.23. The molecule has 1 atom stereocenters. The van der Waals surface area contributed by atoms with Crippen molar-refractivity contribution in [3.63, 3.8) is 0 Å². The third-order valence-electron chi connectivity index (χ3n) is 6.26. The molecule has 29 heavy (non-hydrogen) atoms. The summed E-state index contributed by atoms with van der Waals surface area (Å²) in [5, 5.41) is 9.19. The summed E-state index contributed by atoms with van der Waals surface area (Å²) in [5.41, 5.74) is 2.90. The first-order valence-corrected chi connectivity index (χ1v) is 10.6. The number of aromatic carboxylic acids is 1. The Hall–Kier alpha value is -2.60. The van der Waals surface area contributed by atoms with Crippen LogP contribution in [0, 0.1) is 5.92 Å². The third kappa shape index (κ3) is 4.22. The van der Waals surface area contributed by atoms with Crippen molar-refractivity contribution in [3.8, 4) is 11.3 Å². The lowest BCUT2D eigenvalue weighted by atomic mass is 10.0. The first kappa shape index (κ1) is 19.7. The second kappa shape index (κ2) is 8.41. The molecule has 6 nitrogen and oxygen atoms in total. The molecule has 6 heteroatoms. The zero-order chi connectivity index (χ0) is 20.4. The minimum Gasteiger partial charge on any atom is -0.477 e. The minimum atomic E-state index is -1.19. The number of aryl methyl sites for hydroxylation is 1. The number of nitrogens with zero attached hydrogens (tertiary/aromatic N) is 2. The van der Waals surface area contributed by atoms with Crippen molar-refractivity contribution < 1.29 is 9.90 Å². The monoisotopic (exact) mass is 395 g/mol. The van der Waals surface area contributed by atoms with Gasteiger partial charge < -0.3 is 19.9 Å². The topological polar surface area (TPSA) is 76.6 Å². The number of carboxylic acid groups (broad SMARTS) is 1. The maximum absolute atomic E-state index is 12.1. The first-order chi connectivity index (χ1) is 14.0. The Balaban J connectivity index is 1.49. The number of hydrogen-bond donors (Lipinski definition) is 2. The van der Waals surface area contributed by atoms with Gasteiger partial charge in [-0.3, -0.25) is 4.79 Å². The van der Waals surface area contributed by atoms with Crippen LogP contribution in [0.5, 0.6) is 0 Å². The van der Waals surface area contributed by atoms with Crippen LogP contribution in [0.4, 0.5) is 5.69 Å². The highest BCUT2D eigenvalue weighted by molar-refractivity contribution is 5.88. The molecule has 2 aliphatic heterocycles. The number of aromatic amines is 1. The fourth-order valence-electron chi connectivity index (χ4n) is 4.65. The van der Waals surface area contributed by atoms with Crippen LogP contribution < -0.4 is 10.5 Å². The zero-order valence-electron chi connectivity index (χ0n) is 17.0. The summed E-state index contributed by atoms with van der Waals surface area (Å²) >= 11 is 0. The second-order valence-corrected chi connectivity index (χ2v) is 8.23. The molecule has 0 bridgehead atoms. The molecule has 2 aliphatic rings. The highest BCUT2D eigenvalue weighted by Gasteiger charge is 2.25. The molecule has 4 rings (SSSR count). The number of nitrogens with one attached hydrogen (secondary N) is 1. The molecule has 2 aromatic rings. The number of likely N-dealkylation sites (tertiary alicyclic amines) is 1. The molecule has 1 aromatic heterocycles. The van der Waals surface area contributed by atoms with E-state index < -0.39 is 11.5 Å². The number of carboxylic acids is 1. The van der Waals surface area contributed by atoms with Crippen molar-refractivity contribution >= 4 is 11.7 Å². The number of pyridine rings is 1. The molecule has 3 heterocycles. The van der Waals surface area contributed by atoms with E-state index in [9.17, 15) is 14.7 Å². The molecule has 0 radical (unpaired) electrons. The summed E-state index contributed by atoms with van der Waals surface area (Å²) in [4.78, 5) is 31.2. The smallest absolute Gasteiger partial charge is 0.341 e. The third-order valence-corrected chi connectivity index (χ3v) is 6.26. The van der Waals surface area contributed by atoms with Crippen LogP contribution in [0.15, 0.2) is 35.1 Å². The Morgan fingerprint density at radius 3 is 2.55 bits per heavy atom. The fourth-order valence-corrected chi connectivity index (χ4v) is 4.65. The summed E-state index contributed by atoms with van der Waals surface area (Å²) in [6.07, 6.45) is 4.57. The minimum absolute atomic E-state index is 0.205. The number of rotatable bonds is 6. The molecule has 0 spiro atoms. The number of aromatic nitrogens is 1. The molecular formula is C23H29N3O3. The van der Waals surface area contributed by atoms with Gasteiger partial charge in [0.05, 0.1) is 5.69 Å². The van der Waals surface area contributed by atoms with Gasteiger partial charge in [-0.15, -0.1) is 0 Å². The molecule has 0 saturated carbocycles. The summed E-state index contributed by atoms with van der Waals surface area (Å²) < 4.78 is 0. The molecule has 154 valence electrons. The van der Waals surface area contributed by atoms with E-state index in [2.05, 4.69) is 26.9 Å². The average molecular weight is 396 g/mol. The lowest BCUT2D eigenvalue weighted by Crippen LogP contribution is -2.29. The number of carbonyl (C=O) groups is 1. The normalized spacial score (nSPS) is 19.8. The fraction of sp³-hybridized carbons (Fsp3) is 0.478. The Bertz CT molecular complexity index is 929. The highest BCUT2D eigenvalue weighted by atomic mass is 16.4. The Morgan fingerprint density at radius 1 is 1.17 bits per heavy atom. The maximum Gasteiger partial charge on any atom is 0.341 e. The lowest BCUT2D eigenvalue weighted by molar-refractivity contribution is 0.0695. The molecule has 1 aromatic carbocycles. The van der Waals surface area contributed by atoms with Gasteiger partial charge in [0.25, 0.3) is 5.56 Å². The summed E-state index contributed by atoms with van der Waals surface area (Å²) in [6.45, 7) is 7.86. The van der Waals surface area contributed by atoms with E-state index >= 15 is 0 Å². The van der Waals surface area contributed by atoms with Crippen LogP contribution in [0.25, 0.3) is 11.3 Å². The Kier molecular flexibility index (Phi) is 5.72. The summed E-state index contributed by atoms with van der Waals surface area (Å²) in [7, 11) is 0. The largest absolute Gasteiger partial charge is 0.477 e. The van der Waals surface area contributed by atoms with Crippen LogP contribution in [-0.4, -0.2) is 53.7 Å². The molecule has 1 unspecified atom stereocenters. The van der Waals surface area contributed by atoms with Crippen molar-refractivity contribution in [2.45, 2.75) is 32.6 Å². The van der Waals surface area contributed by atoms with Crippen LogP contribution >= 0.6 is 0 Å². The van der Waals surface area contributed by atoms with E-state index in [0.29, 0.717) is 12.1 Å². The standard InChI is InChI=1S/C23H29N3O3/c1-2-17-13-20(23(28)29)22(27)24-21(17)18-5-7-19(8-6-18)26-12-9-16(15-26)14-25-10-3-4-11-25/h5-8,13,16H,2-4,9-12,14-15H2,1H3,(H,24,27)(H,28,29). The Morgan fingerprint density at radius 2 is 1.90 bits per heavy atom. The van der Waals surface area contributed by atoms with E-state index in [1.165, 1.54) is 50.7 Å². The van der Waals surface area contributed by atoms with Crippen molar-refractivity contribution in [1.29, 1.82) is 0 Å². The van der Waals surface area contributed by atoms with Gasteiger partial charge in [-0.25, -0.2) is 4.79 Å². The quantitative estimate of drug-likeness (QED) is 0.785. The SMILES string of the molecule is CCc1cc(C(=O)O)c(=O)[nH]c1-c1ccc(N2CCC(CN3CCCC3)C2)cc1. The molecule has 0 aliphatic carbocycles. The van der Waals surface area contributed by atoms with Gasteiger partial charge in [0.15, 0.2) is 0 Å². The lowest BCUT2D eigenvalue weighted by Gasteiger charge is -2.22. The predicted octanol–water partition coefficient (Wildman–Crippen LogP) is 3.22. The number of hydrogen-bond acceptors (Lipinski definition) is 4. The summed E-state index contributed by atoms with van der Waals surface area (Å²) in [6, 6.07) is 9.75. The van der Waals surface area contributed by atoms with Gasteiger partial charge in [0.1, 0.15) is 5.56 Å². The van der Waals surface area contributed by atoms with Crippen LogP contribution in [0.2, 0.25) is 0 Å². The van der Waals surface area contributed by atoms with E-state index in [-0.39, 0.29) is 5.56 Å². The molecule has 2 saturated heterocycles. The van der Waals surface area contributed by atoms with E-state index in [1.54, 1.807) is 0 Å². The van der Waals surface area contributed by atoms with E-state index in [4.69, 9.17) is 0 Å². The van der Waals surface area contributed by atoms with E-state index in [0.717, 1.165) is 30.1 Å². The van der Waals surface area contributed by atoms with Crippen LogP contribution in [0.1, 0.15) is 42.1 Å². The van der Waals surface area contributed by atoms with Gasteiger partial charge in [-0.1, -0.05) is 19.1 Å². The van der Waals surface area contributed by atoms with Gasteiger partial charge in [0.2, 0.25) is 0 Å². The molecular weight excluding hydrogens is 366 g/mol. The van der Waals surface area contributed by atoms with Gasteiger partial charge >= 0.3 is 5.97 Å². The Labute approximate surface area is 171 Å². The van der Waals surface area contributed by atoms with Gasteiger partial charge in [-0.05, 0) is 74.0 Å². The van der Waals surface area contributed by atoms with Crippen LogP contribution in [0.3, 0.4) is 0 Å². The number of anilines is 1. The van der Waals surface area contributed by atoms with Crippen LogP contribution in [-0.2, 0) is 6.42 Å². The highest BCUT2D eigenvalue weighted by Crippen LogP contribution is 2.28. The molecule has 2 fully saturated rings. The molecule has 0 amide bonds. The van der Waals surface area contributed by atoms with E-state index in [1.807, 2.05) is 19.1 Å². The summed E-state index contributed by atoms with van der Waals surface area (Å²) in [5.74, 6) is -0.459. The zero-order valence-corrected chi connectivity index (χ0v) is 17.0. The number of H-pyrrole nitrogens is 1. The first-order valence-electron chi connectivity index (χ1n) is 10.6. The van der Waals surface area contributed by atoms with Gasteiger partial charge in [-0.2, -0.15) is 0 Å². The predicted molar refractivity (Wildman–Crippen MR) is 115 cm³/mol. The number of benzene rings is 1.